The van der Waals surface area contributed by atoms with E-state index in [0.29, 0.717) is 18.8 Å². The lowest BCUT2D eigenvalue weighted by Gasteiger charge is -2.34. The molecule has 1 fully saturated rings. The van der Waals surface area contributed by atoms with E-state index in [-0.39, 0.29) is 18.0 Å². The number of aryl methyl sites for hydroxylation is 1. The molecule has 0 radical (unpaired) electrons. The molecule has 1 heterocycles. The monoisotopic (exact) mass is 286 g/mol. The van der Waals surface area contributed by atoms with Gasteiger partial charge in [0.1, 0.15) is 0 Å². The Kier molecular flexibility index (Phi) is 5.00. The van der Waals surface area contributed by atoms with Gasteiger partial charge in [-0.05, 0) is 38.8 Å². The molecule has 112 valence electrons. The van der Waals surface area contributed by atoms with E-state index in [1.54, 1.807) is 0 Å². The molecule has 4 heteroatoms. The second-order valence-corrected chi connectivity index (χ2v) is 5.68. The third-order valence-electron chi connectivity index (χ3n) is 3.76. The van der Waals surface area contributed by atoms with Crippen molar-refractivity contribution in [3.05, 3.63) is 34.9 Å². The number of benzene rings is 1. The minimum atomic E-state index is -0.211. The second kappa shape index (κ2) is 6.75. The van der Waals surface area contributed by atoms with Crippen LogP contribution in [0, 0.1) is 18.8 Å². The molecule has 1 amide bonds. The summed E-state index contributed by atoms with van der Waals surface area (Å²) >= 11 is 0. The van der Waals surface area contributed by atoms with Gasteiger partial charge in [-0.25, -0.2) is 0 Å². The normalized spacial score (nSPS) is 16.7. The fourth-order valence-electron chi connectivity index (χ4n) is 2.39. The van der Waals surface area contributed by atoms with Crippen molar-refractivity contribution in [2.24, 2.45) is 5.73 Å². The minimum Gasteiger partial charge on any atom is -0.381 e. The summed E-state index contributed by atoms with van der Waals surface area (Å²) in [5.41, 5.74) is 7.58. The van der Waals surface area contributed by atoms with Gasteiger partial charge in [0.25, 0.3) is 5.91 Å². The largest absolute Gasteiger partial charge is 0.381 e. The summed E-state index contributed by atoms with van der Waals surface area (Å²) < 4.78 is 5.36. The first kappa shape index (κ1) is 15.6. The molecule has 0 unspecified atom stereocenters. The van der Waals surface area contributed by atoms with Crippen LogP contribution in [0.3, 0.4) is 0 Å². The highest BCUT2D eigenvalue weighted by molar-refractivity contribution is 5.97. The third-order valence-corrected chi connectivity index (χ3v) is 3.76. The fraction of sp³-hybridized carbons (Fsp3) is 0.471. The predicted octanol–water partition coefficient (Wildman–Crippen LogP) is 1.60. The van der Waals surface area contributed by atoms with E-state index in [1.807, 2.05) is 25.1 Å². The maximum atomic E-state index is 12.6. The molecule has 1 aliphatic rings. The van der Waals surface area contributed by atoms with Gasteiger partial charge in [0.05, 0.1) is 12.1 Å². The number of ether oxygens (including phenoxy) is 1. The Bertz CT molecular complexity index is 578. The van der Waals surface area contributed by atoms with Gasteiger partial charge in [0, 0.05) is 24.3 Å². The highest BCUT2D eigenvalue weighted by Crippen LogP contribution is 2.21. The number of rotatable bonds is 2. The molecule has 3 N–H and O–H groups in total. The van der Waals surface area contributed by atoms with Crippen molar-refractivity contribution in [3.8, 4) is 11.8 Å². The Hall–Kier alpha value is -1.83. The second-order valence-electron chi connectivity index (χ2n) is 5.68. The Morgan fingerprint density at radius 3 is 2.81 bits per heavy atom. The lowest BCUT2D eigenvalue weighted by molar-refractivity contribution is 0.0423. The Morgan fingerprint density at radius 1 is 1.43 bits per heavy atom. The molecule has 0 aromatic heterocycles. The molecule has 1 saturated heterocycles. The van der Waals surface area contributed by atoms with E-state index < -0.39 is 0 Å². The highest BCUT2D eigenvalue weighted by Gasteiger charge is 2.29. The Morgan fingerprint density at radius 2 is 2.14 bits per heavy atom. The molecular formula is C17H22N2O2. The van der Waals surface area contributed by atoms with Gasteiger partial charge in [-0.1, -0.05) is 23.5 Å². The van der Waals surface area contributed by atoms with Crippen molar-refractivity contribution < 1.29 is 9.53 Å². The predicted molar refractivity (Wildman–Crippen MR) is 83.0 cm³/mol. The molecule has 2 rings (SSSR count). The minimum absolute atomic E-state index is 0.0792. The van der Waals surface area contributed by atoms with Crippen molar-refractivity contribution in [2.45, 2.75) is 32.2 Å². The summed E-state index contributed by atoms with van der Waals surface area (Å²) in [7, 11) is 0. The first-order valence-corrected chi connectivity index (χ1v) is 7.24. The SMILES string of the molecule is Cc1ccc(C#CCN)c(C(=O)NC2(C)CCOCC2)c1. The molecule has 0 aliphatic carbocycles. The lowest BCUT2D eigenvalue weighted by atomic mass is 9.91. The molecule has 0 bridgehead atoms. The number of carbonyl (C=O) groups is 1. The van der Waals surface area contributed by atoms with Crippen LogP contribution in [0.25, 0.3) is 0 Å². The topological polar surface area (TPSA) is 64.4 Å². The first-order valence-electron chi connectivity index (χ1n) is 7.24. The number of hydrogen-bond acceptors (Lipinski definition) is 3. The highest BCUT2D eigenvalue weighted by atomic mass is 16.5. The van der Waals surface area contributed by atoms with E-state index in [4.69, 9.17) is 10.5 Å². The van der Waals surface area contributed by atoms with E-state index in [9.17, 15) is 4.79 Å². The van der Waals surface area contributed by atoms with Gasteiger partial charge < -0.3 is 15.8 Å². The van der Waals surface area contributed by atoms with Crippen molar-refractivity contribution >= 4 is 5.91 Å². The molecule has 0 spiro atoms. The van der Waals surface area contributed by atoms with Crippen molar-refractivity contribution in [3.63, 3.8) is 0 Å². The van der Waals surface area contributed by atoms with E-state index in [1.165, 1.54) is 0 Å². The van der Waals surface area contributed by atoms with Crippen molar-refractivity contribution in [1.82, 2.24) is 5.32 Å². The smallest absolute Gasteiger partial charge is 0.252 e. The van der Waals surface area contributed by atoms with Gasteiger partial charge >= 0.3 is 0 Å². The molecule has 1 aliphatic heterocycles. The van der Waals surface area contributed by atoms with Crippen LogP contribution in [-0.4, -0.2) is 31.2 Å². The van der Waals surface area contributed by atoms with E-state index in [0.717, 1.165) is 24.0 Å². The third kappa shape index (κ3) is 4.07. The fourth-order valence-corrected chi connectivity index (χ4v) is 2.39. The van der Waals surface area contributed by atoms with Crippen molar-refractivity contribution in [1.29, 1.82) is 0 Å². The molecule has 1 aromatic carbocycles. The Balaban J connectivity index is 2.23. The molecule has 21 heavy (non-hydrogen) atoms. The number of nitrogens with one attached hydrogen (secondary N) is 1. The molecule has 0 atom stereocenters. The zero-order valence-electron chi connectivity index (χ0n) is 12.7. The molecular weight excluding hydrogens is 264 g/mol. The quantitative estimate of drug-likeness (QED) is 0.812. The maximum Gasteiger partial charge on any atom is 0.252 e. The van der Waals surface area contributed by atoms with Crippen LogP contribution in [0.5, 0.6) is 0 Å². The number of nitrogens with two attached hydrogens (primary N) is 1. The summed E-state index contributed by atoms with van der Waals surface area (Å²) in [4.78, 5) is 12.6. The van der Waals surface area contributed by atoms with Gasteiger partial charge in [-0.3, -0.25) is 4.79 Å². The summed E-state index contributed by atoms with van der Waals surface area (Å²) in [5, 5.41) is 3.14. The van der Waals surface area contributed by atoms with Gasteiger partial charge in [-0.2, -0.15) is 0 Å². The average molecular weight is 286 g/mol. The standard InChI is InChI=1S/C17H22N2O2/c1-13-5-6-14(4-3-9-18)15(12-13)16(20)19-17(2)7-10-21-11-8-17/h5-6,12H,7-11,18H2,1-2H3,(H,19,20). The van der Waals surface area contributed by atoms with Crippen LogP contribution in [-0.2, 0) is 4.74 Å². The summed E-state index contributed by atoms with van der Waals surface area (Å²) in [6.45, 7) is 5.68. The number of carbonyl (C=O) groups excluding carboxylic acids is 1. The van der Waals surface area contributed by atoms with Crippen LogP contribution >= 0.6 is 0 Å². The molecule has 1 aromatic rings. The van der Waals surface area contributed by atoms with E-state index in [2.05, 4.69) is 24.1 Å². The summed E-state index contributed by atoms with van der Waals surface area (Å²) in [6, 6.07) is 5.70. The lowest BCUT2D eigenvalue weighted by Crippen LogP contribution is -2.49. The van der Waals surface area contributed by atoms with Gasteiger partial charge in [-0.15, -0.1) is 0 Å². The first-order chi connectivity index (χ1) is 10.0. The van der Waals surface area contributed by atoms with Crippen molar-refractivity contribution in [2.75, 3.05) is 19.8 Å². The molecule has 4 nitrogen and oxygen atoms in total. The van der Waals surface area contributed by atoms with Crippen LogP contribution in [0.2, 0.25) is 0 Å². The van der Waals surface area contributed by atoms with Gasteiger partial charge in [0.15, 0.2) is 0 Å². The average Bonchev–Trinajstić information content (AvgIpc) is 2.46. The van der Waals surface area contributed by atoms with Crippen LogP contribution in [0.1, 0.15) is 41.3 Å². The molecule has 0 saturated carbocycles. The van der Waals surface area contributed by atoms with E-state index >= 15 is 0 Å². The summed E-state index contributed by atoms with van der Waals surface area (Å²) in [6.07, 6.45) is 1.66. The zero-order valence-corrected chi connectivity index (χ0v) is 12.7. The Labute approximate surface area is 126 Å². The number of amides is 1. The number of hydrogen-bond donors (Lipinski definition) is 2. The maximum absolute atomic E-state index is 12.6. The van der Waals surface area contributed by atoms with Crippen LogP contribution in [0.15, 0.2) is 18.2 Å². The van der Waals surface area contributed by atoms with Gasteiger partial charge in [0.2, 0.25) is 0 Å². The zero-order chi connectivity index (χ0) is 15.3. The van der Waals surface area contributed by atoms with Crippen LogP contribution in [0.4, 0.5) is 0 Å². The summed E-state index contributed by atoms with van der Waals surface area (Å²) in [5.74, 6) is 5.70. The van der Waals surface area contributed by atoms with Crippen LogP contribution < -0.4 is 11.1 Å².